The zero-order valence-electron chi connectivity index (χ0n) is 15.6. The minimum absolute atomic E-state index is 0.0518. The van der Waals surface area contributed by atoms with Crippen LogP contribution in [0.5, 0.6) is 11.6 Å². The van der Waals surface area contributed by atoms with Gasteiger partial charge in [0, 0.05) is 19.0 Å². The summed E-state index contributed by atoms with van der Waals surface area (Å²) in [7, 11) is 0. The molecule has 3 aromatic rings. The summed E-state index contributed by atoms with van der Waals surface area (Å²) in [5.74, 6) is 0.130. The lowest BCUT2D eigenvalue weighted by Crippen LogP contribution is -2.32. The summed E-state index contributed by atoms with van der Waals surface area (Å²) in [6.45, 7) is 2.49. The number of aromatic hydroxyl groups is 2. The third kappa shape index (κ3) is 5.45. The molecule has 3 rings (SSSR count). The van der Waals surface area contributed by atoms with Crippen molar-refractivity contribution in [2.45, 2.75) is 31.9 Å². The van der Waals surface area contributed by atoms with Crippen molar-refractivity contribution >= 4 is 11.3 Å². The molecule has 0 aliphatic rings. The van der Waals surface area contributed by atoms with Gasteiger partial charge in [-0.15, -0.1) is 0 Å². The van der Waals surface area contributed by atoms with Crippen LogP contribution in [-0.2, 0) is 12.8 Å². The van der Waals surface area contributed by atoms with E-state index in [1.807, 2.05) is 24.3 Å². The SMILES string of the molecule is CC(Cc1ccc(Cc2sc(=O)[nH]c2O)cc1)NCC(O)c1ccc(O)cc1. The second-order valence-corrected chi connectivity index (χ2v) is 7.97. The fourth-order valence-corrected chi connectivity index (χ4v) is 3.76. The van der Waals surface area contributed by atoms with Gasteiger partial charge >= 0.3 is 4.87 Å². The Kier molecular flexibility index (Phi) is 6.51. The molecule has 0 saturated heterocycles. The highest BCUT2D eigenvalue weighted by Crippen LogP contribution is 2.21. The van der Waals surface area contributed by atoms with E-state index in [0.29, 0.717) is 17.8 Å². The number of rotatable bonds is 8. The lowest BCUT2D eigenvalue weighted by atomic mass is 10.0. The predicted octanol–water partition coefficient (Wildman–Crippen LogP) is 2.69. The van der Waals surface area contributed by atoms with E-state index >= 15 is 0 Å². The van der Waals surface area contributed by atoms with Gasteiger partial charge in [-0.05, 0) is 42.2 Å². The Bertz CT molecular complexity index is 948. The first-order valence-electron chi connectivity index (χ1n) is 9.10. The molecule has 2 unspecified atom stereocenters. The van der Waals surface area contributed by atoms with E-state index < -0.39 is 6.10 Å². The van der Waals surface area contributed by atoms with E-state index in [4.69, 9.17) is 0 Å². The number of phenols is 1. The maximum absolute atomic E-state index is 11.3. The van der Waals surface area contributed by atoms with Crippen LogP contribution in [0.25, 0.3) is 0 Å². The van der Waals surface area contributed by atoms with Crippen molar-refractivity contribution in [3.8, 4) is 11.6 Å². The van der Waals surface area contributed by atoms with Crippen molar-refractivity contribution in [3.63, 3.8) is 0 Å². The Balaban J connectivity index is 1.50. The molecule has 0 fully saturated rings. The number of aliphatic hydroxyl groups is 1. The summed E-state index contributed by atoms with van der Waals surface area (Å²) >= 11 is 1.02. The second kappa shape index (κ2) is 9.05. The van der Waals surface area contributed by atoms with Gasteiger partial charge in [0.15, 0.2) is 0 Å². The van der Waals surface area contributed by atoms with Gasteiger partial charge < -0.3 is 20.6 Å². The lowest BCUT2D eigenvalue weighted by molar-refractivity contribution is 0.170. The van der Waals surface area contributed by atoms with Crippen molar-refractivity contribution in [3.05, 3.63) is 79.8 Å². The number of H-pyrrole nitrogens is 1. The van der Waals surface area contributed by atoms with Gasteiger partial charge in [0.2, 0.25) is 5.88 Å². The summed E-state index contributed by atoms with van der Waals surface area (Å²) in [5, 5.41) is 32.6. The Morgan fingerprint density at radius 1 is 1.04 bits per heavy atom. The first-order valence-corrected chi connectivity index (χ1v) is 9.91. The van der Waals surface area contributed by atoms with Crippen LogP contribution in [-0.4, -0.2) is 32.9 Å². The van der Waals surface area contributed by atoms with Crippen molar-refractivity contribution in [2.75, 3.05) is 6.54 Å². The van der Waals surface area contributed by atoms with Crippen molar-refractivity contribution in [1.82, 2.24) is 10.3 Å². The third-order valence-electron chi connectivity index (χ3n) is 4.57. The molecule has 0 bridgehead atoms. The number of nitrogens with one attached hydrogen (secondary N) is 2. The number of aliphatic hydroxyl groups excluding tert-OH is 1. The van der Waals surface area contributed by atoms with E-state index in [1.54, 1.807) is 24.3 Å². The lowest BCUT2D eigenvalue weighted by Gasteiger charge is -2.18. The molecular formula is C21H24N2O4S. The Labute approximate surface area is 167 Å². The van der Waals surface area contributed by atoms with Gasteiger partial charge in [-0.3, -0.25) is 9.78 Å². The topological polar surface area (TPSA) is 106 Å². The quantitative estimate of drug-likeness (QED) is 0.400. The van der Waals surface area contributed by atoms with Gasteiger partial charge in [-0.2, -0.15) is 0 Å². The molecular weight excluding hydrogens is 376 g/mol. The normalized spacial score (nSPS) is 13.4. The monoisotopic (exact) mass is 400 g/mol. The molecule has 0 amide bonds. The van der Waals surface area contributed by atoms with Gasteiger partial charge in [-0.1, -0.05) is 47.7 Å². The van der Waals surface area contributed by atoms with Crippen molar-refractivity contribution in [1.29, 1.82) is 0 Å². The van der Waals surface area contributed by atoms with Crippen LogP contribution >= 0.6 is 11.3 Å². The average molecular weight is 401 g/mol. The number of hydrogen-bond acceptors (Lipinski definition) is 6. The number of aromatic nitrogens is 1. The zero-order chi connectivity index (χ0) is 20.1. The Morgan fingerprint density at radius 3 is 2.29 bits per heavy atom. The second-order valence-electron chi connectivity index (χ2n) is 6.90. The van der Waals surface area contributed by atoms with E-state index in [0.717, 1.165) is 34.4 Å². The highest BCUT2D eigenvalue weighted by atomic mass is 32.1. The first kappa shape index (κ1) is 20.1. The molecule has 0 aliphatic heterocycles. The van der Waals surface area contributed by atoms with Crippen molar-refractivity contribution < 1.29 is 15.3 Å². The number of phenolic OH excluding ortho intramolecular Hbond substituents is 1. The summed E-state index contributed by atoms with van der Waals surface area (Å²) in [6, 6.07) is 14.8. The molecule has 2 atom stereocenters. The largest absolute Gasteiger partial charge is 0.508 e. The maximum Gasteiger partial charge on any atom is 0.307 e. The first-order chi connectivity index (χ1) is 13.4. The van der Waals surface area contributed by atoms with E-state index in [9.17, 15) is 20.1 Å². The van der Waals surface area contributed by atoms with Crippen LogP contribution in [0.15, 0.2) is 53.3 Å². The van der Waals surface area contributed by atoms with E-state index in [1.165, 1.54) is 0 Å². The molecule has 1 aromatic heterocycles. The number of aromatic amines is 1. The zero-order valence-corrected chi connectivity index (χ0v) is 16.4. The minimum atomic E-state index is -0.633. The third-order valence-corrected chi connectivity index (χ3v) is 5.44. The van der Waals surface area contributed by atoms with Crippen LogP contribution in [0.1, 0.15) is 34.6 Å². The number of benzene rings is 2. The maximum atomic E-state index is 11.3. The van der Waals surface area contributed by atoms with Gasteiger partial charge in [-0.25, -0.2) is 0 Å². The Hall–Kier alpha value is -2.61. The highest BCUT2D eigenvalue weighted by Gasteiger charge is 2.11. The molecule has 5 N–H and O–H groups in total. The molecule has 148 valence electrons. The van der Waals surface area contributed by atoms with Crippen molar-refractivity contribution in [2.24, 2.45) is 0 Å². The fourth-order valence-electron chi connectivity index (χ4n) is 3.00. The van der Waals surface area contributed by atoms with Crippen LogP contribution in [0.4, 0.5) is 0 Å². The summed E-state index contributed by atoms with van der Waals surface area (Å²) in [5.41, 5.74) is 2.95. The molecule has 2 aromatic carbocycles. The summed E-state index contributed by atoms with van der Waals surface area (Å²) in [4.78, 5) is 14.0. The molecule has 0 saturated carbocycles. The van der Waals surface area contributed by atoms with Crippen LogP contribution in [0, 0.1) is 0 Å². The number of thiazole rings is 1. The molecule has 1 heterocycles. The standard InChI is InChI=1S/C21H24N2O4S/c1-13(22-12-18(25)16-6-8-17(24)9-7-16)10-14-2-4-15(5-3-14)11-19-20(26)23-21(27)28-19/h2-9,13,18,22,24-26H,10-12H2,1H3,(H,23,27). The smallest absolute Gasteiger partial charge is 0.307 e. The molecule has 0 radical (unpaired) electrons. The predicted molar refractivity (Wildman–Crippen MR) is 110 cm³/mol. The molecule has 28 heavy (non-hydrogen) atoms. The van der Waals surface area contributed by atoms with Crippen LogP contribution in [0.2, 0.25) is 0 Å². The fraction of sp³-hybridized carbons (Fsp3) is 0.286. The van der Waals surface area contributed by atoms with Gasteiger partial charge in [0.1, 0.15) is 5.75 Å². The van der Waals surface area contributed by atoms with E-state index in [-0.39, 0.29) is 22.5 Å². The van der Waals surface area contributed by atoms with Gasteiger partial charge in [0.05, 0.1) is 11.0 Å². The average Bonchev–Trinajstić information content (AvgIpc) is 2.99. The summed E-state index contributed by atoms with van der Waals surface area (Å²) in [6.07, 6.45) is 0.694. The van der Waals surface area contributed by atoms with E-state index in [2.05, 4.69) is 17.2 Å². The minimum Gasteiger partial charge on any atom is -0.508 e. The molecule has 6 nitrogen and oxygen atoms in total. The molecule has 0 aliphatic carbocycles. The Morgan fingerprint density at radius 2 is 1.68 bits per heavy atom. The molecule has 7 heteroatoms. The molecule has 0 spiro atoms. The summed E-state index contributed by atoms with van der Waals surface area (Å²) < 4.78 is 0. The van der Waals surface area contributed by atoms with Gasteiger partial charge in [0.25, 0.3) is 0 Å². The highest BCUT2D eigenvalue weighted by molar-refractivity contribution is 7.09. The van der Waals surface area contributed by atoms with Crippen LogP contribution < -0.4 is 10.2 Å². The number of hydrogen-bond donors (Lipinski definition) is 5. The van der Waals surface area contributed by atoms with Crippen LogP contribution in [0.3, 0.4) is 0 Å².